The van der Waals surface area contributed by atoms with E-state index in [9.17, 15) is 13.2 Å². The van der Waals surface area contributed by atoms with Gasteiger partial charge in [-0.3, -0.25) is 9.52 Å². The van der Waals surface area contributed by atoms with Crippen LogP contribution < -0.4 is 9.46 Å². The minimum Gasteiger partial charge on any atom is -0.494 e. The number of anilines is 1. The lowest BCUT2D eigenvalue weighted by Gasteiger charge is -2.18. The number of carbonyl (C=O) groups excluding carboxylic acids is 1. The van der Waals surface area contributed by atoms with Crippen LogP contribution in [0.3, 0.4) is 0 Å². The number of rotatable bonds is 8. The third-order valence-electron chi connectivity index (χ3n) is 4.39. The van der Waals surface area contributed by atoms with Crippen LogP contribution in [0.2, 0.25) is 0 Å². The van der Waals surface area contributed by atoms with E-state index >= 15 is 0 Å². The number of nitrogens with one attached hydrogen (secondary N) is 1. The quantitative estimate of drug-likeness (QED) is 0.589. The van der Waals surface area contributed by atoms with Gasteiger partial charge in [-0.05, 0) is 55.0 Å². The average molecular weight is 425 g/mol. The molecule has 1 amide bonds. The molecule has 0 spiro atoms. The summed E-state index contributed by atoms with van der Waals surface area (Å²) in [5, 5.41) is 0. The van der Waals surface area contributed by atoms with E-state index in [1.54, 1.807) is 54.4 Å². The summed E-state index contributed by atoms with van der Waals surface area (Å²) in [6.45, 7) is 2.85. The standard InChI is InChI=1S/C23H24N2O4S/c1-3-29-21-13-7-9-18(15-21)17-25(2)23(26)19-10-8-14-22(16-19)30(27,28)24-20-11-5-4-6-12-20/h4-16,24H,3,17H2,1-2H3. The molecule has 1 N–H and O–H groups in total. The maximum absolute atomic E-state index is 12.9. The lowest BCUT2D eigenvalue weighted by Crippen LogP contribution is -2.26. The smallest absolute Gasteiger partial charge is 0.261 e. The summed E-state index contributed by atoms with van der Waals surface area (Å²) >= 11 is 0. The molecule has 0 fully saturated rings. The van der Waals surface area contributed by atoms with Crippen molar-refractivity contribution in [2.24, 2.45) is 0 Å². The van der Waals surface area contributed by atoms with Gasteiger partial charge >= 0.3 is 0 Å². The Kier molecular flexibility index (Phi) is 6.74. The van der Waals surface area contributed by atoms with Crippen LogP contribution in [0.5, 0.6) is 5.75 Å². The molecule has 7 heteroatoms. The molecule has 3 aromatic rings. The Morgan fingerprint density at radius 1 is 0.967 bits per heavy atom. The highest BCUT2D eigenvalue weighted by atomic mass is 32.2. The number of para-hydroxylation sites is 1. The summed E-state index contributed by atoms with van der Waals surface area (Å²) in [5.74, 6) is 0.476. The SMILES string of the molecule is CCOc1cccc(CN(C)C(=O)c2cccc(S(=O)(=O)Nc3ccccc3)c2)c1. The molecule has 0 aromatic heterocycles. The molecule has 6 nitrogen and oxygen atoms in total. The Morgan fingerprint density at radius 3 is 2.43 bits per heavy atom. The van der Waals surface area contributed by atoms with Crippen LogP contribution in [0.15, 0.2) is 83.8 Å². The van der Waals surface area contributed by atoms with Crippen LogP contribution in [-0.4, -0.2) is 32.9 Å². The molecule has 0 radical (unpaired) electrons. The third-order valence-corrected chi connectivity index (χ3v) is 5.77. The summed E-state index contributed by atoms with van der Waals surface area (Å²) < 4.78 is 33.4. The van der Waals surface area contributed by atoms with Gasteiger partial charge in [0, 0.05) is 24.8 Å². The molecular weight excluding hydrogens is 400 g/mol. The van der Waals surface area contributed by atoms with Crippen molar-refractivity contribution in [1.82, 2.24) is 4.90 Å². The molecule has 156 valence electrons. The predicted octanol–water partition coefficient (Wildman–Crippen LogP) is 4.16. The molecule has 3 rings (SSSR count). The van der Waals surface area contributed by atoms with E-state index in [0.29, 0.717) is 24.4 Å². The summed E-state index contributed by atoms with van der Waals surface area (Å²) in [6, 6.07) is 22.2. The fourth-order valence-electron chi connectivity index (χ4n) is 2.98. The van der Waals surface area contributed by atoms with Crippen molar-refractivity contribution in [2.75, 3.05) is 18.4 Å². The van der Waals surface area contributed by atoms with Crippen molar-refractivity contribution in [1.29, 1.82) is 0 Å². The number of hydrogen-bond acceptors (Lipinski definition) is 4. The highest BCUT2D eigenvalue weighted by Crippen LogP contribution is 2.19. The van der Waals surface area contributed by atoms with Gasteiger partial charge in [0.25, 0.3) is 15.9 Å². The second-order valence-electron chi connectivity index (χ2n) is 6.74. The van der Waals surface area contributed by atoms with Gasteiger partial charge in [-0.2, -0.15) is 0 Å². The zero-order valence-electron chi connectivity index (χ0n) is 16.9. The van der Waals surface area contributed by atoms with Crippen LogP contribution in [0.25, 0.3) is 0 Å². The largest absolute Gasteiger partial charge is 0.494 e. The Hall–Kier alpha value is -3.32. The van der Waals surface area contributed by atoms with Crippen molar-refractivity contribution in [2.45, 2.75) is 18.4 Å². The summed E-state index contributed by atoms with van der Waals surface area (Å²) in [6.07, 6.45) is 0. The van der Waals surface area contributed by atoms with Crippen molar-refractivity contribution in [3.05, 3.63) is 90.0 Å². The Labute approximate surface area is 177 Å². The normalized spacial score (nSPS) is 11.0. The fraction of sp³-hybridized carbons (Fsp3) is 0.174. The molecule has 0 bridgehead atoms. The van der Waals surface area contributed by atoms with Gasteiger partial charge in [0.2, 0.25) is 0 Å². The molecule has 0 unspecified atom stereocenters. The highest BCUT2D eigenvalue weighted by molar-refractivity contribution is 7.92. The Balaban J connectivity index is 1.76. The van der Waals surface area contributed by atoms with Gasteiger partial charge in [0.15, 0.2) is 0 Å². The number of nitrogens with zero attached hydrogens (tertiary/aromatic N) is 1. The molecule has 0 aliphatic carbocycles. The van der Waals surface area contributed by atoms with E-state index in [0.717, 1.165) is 11.3 Å². The molecule has 0 aliphatic heterocycles. The summed E-state index contributed by atoms with van der Waals surface area (Å²) in [5.41, 5.74) is 1.68. The van der Waals surface area contributed by atoms with Crippen molar-refractivity contribution >= 4 is 21.6 Å². The number of sulfonamides is 1. The second-order valence-corrected chi connectivity index (χ2v) is 8.42. The molecule has 0 atom stereocenters. The summed E-state index contributed by atoms with van der Waals surface area (Å²) in [7, 11) is -2.12. The van der Waals surface area contributed by atoms with E-state index in [1.807, 2.05) is 31.2 Å². The van der Waals surface area contributed by atoms with Gasteiger partial charge in [-0.15, -0.1) is 0 Å². The topological polar surface area (TPSA) is 75.7 Å². The predicted molar refractivity (Wildman–Crippen MR) is 117 cm³/mol. The second kappa shape index (κ2) is 9.45. The van der Waals surface area contributed by atoms with E-state index in [4.69, 9.17) is 4.74 Å². The van der Waals surface area contributed by atoms with Gasteiger partial charge < -0.3 is 9.64 Å². The lowest BCUT2D eigenvalue weighted by molar-refractivity contribution is 0.0784. The van der Waals surface area contributed by atoms with E-state index < -0.39 is 10.0 Å². The van der Waals surface area contributed by atoms with E-state index in [-0.39, 0.29) is 10.8 Å². The number of ether oxygens (including phenoxy) is 1. The first-order valence-corrected chi connectivity index (χ1v) is 11.0. The molecule has 3 aromatic carbocycles. The van der Waals surface area contributed by atoms with Crippen LogP contribution in [0.1, 0.15) is 22.8 Å². The lowest BCUT2D eigenvalue weighted by atomic mass is 10.1. The molecule has 0 saturated heterocycles. The monoisotopic (exact) mass is 424 g/mol. The number of hydrogen-bond donors (Lipinski definition) is 1. The molecule has 30 heavy (non-hydrogen) atoms. The fourth-order valence-corrected chi connectivity index (χ4v) is 4.09. The molecule has 0 aliphatic rings. The van der Waals surface area contributed by atoms with Crippen molar-refractivity contribution in [3.63, 3.8) is 0 Å². The highest BCUT2D eigenvalue weighted by Gasteiger charge is 2.18. The maximum atomic E-state index is 12.9. The van der Waals surface area contributed by atoms with Crippen molar-refractivity contribution in [3.8, 4) is 5.75 Å². The number of amides is 1. The number of carbonyl (C=O) groups is 1. The van der Waals surface area contributed by atoms with Crippen LogP contribution in [-0.2, 0) is 16.6 Å². The minimum absolute atomic E-state index is 0.0314. The van der Waals surface area contributed by atoms with Gasteiger partial charge in [0.1, 0.15) is 5.75 Å². The zero-order valence-corrected chi connectivity index (χ0v) is 17.7. The Morgan fingerprint density at radius 2 is 1.70 bits per heavy atom. The molecular formula is C23H24N2O4S. The minimum atomic E-state index is -3.80. The first-order chi connectivity index (χ1) is 14.4. The number of benzene rings is 3. The van der Waals surface area contributed by atoms with Crippen LogP contribution in [0, 0.1) is 0 Å². The van der Waals surface area contributed by atoms with Gasteiger partial charge in [-0.1, -0.05) is 36.4 Å². The summed E-state index contributed by atoms with van der Waals surface area (Å²) in [4.78, 5) is 14.5. The Bertz CT molecular complexity index is 1110. The molecule has 0 saturated carbocycles. The average Bonchev–Trinajstić information content (AvgIpc) is 2.74. The molecule has 0 heterocycles. The zero-order chi connectivity index (χ0) is 21.6. The van der Waals surface area contributed by atoms with Crippen LogP contribution >= 0.6 is 0 Å². The van der Waals surface area contributed by atoms with E-state index in [1.165, 1.54) is 12.1 Å². The van der Waals surface area contributed by atoms with Gasteiger partial charge in [-0.25, -0.2) is 8.42 Å². The van der Waals surface area contributed by atoms with Crippen molar-refractivity contribution < 1.29 is 17.9 Å². The van der Waals surface area contributed by atoms with E-state index in [2.05, 4.69) is 4.72 Å². The first kappa shape index (κ1) is 21.4. The maximum Gasteiger partial charge on any atom is 0.261 e. The first-order valence-electron chi connectivity index (χ1n) is 9.54. The van der Waals surface area contributed by atoms with Crippen LogP contribution in [0.4, 0.5) is 5.69 Å². The third kappa shape index (κ3) is 5.39. The van der Waals surface area contributed by atoms with Gasteiger partial charge in [0.05, 0.1) is 11.5 Å².